The van der Waals surface area contributed by atoms with Crippen LogP contribution in [0.4, 0.5) is 14.5 Å². The summed E-state index contributed by atoms with van der Waals surface area (Å²) in [4.78, 5) is 0. The third-order valence-corrected chi connectivity index (χ3v) is 4.26. The van der Waals surface area contributed by atoms with Gasteiger partial charge in [0, 0.05) is 27.9 Å². The lowest BCUT2D eigenvalue weighted by Gasteiger charge is -2.13. The molecule has 2 N–H and O–H groups in total. The van der Waals surface area contributed by atoms with Gasteiger partial charge in [0.2, 0.25) is 6.79 Å². The molecule has 0 spiro atoms. The Hall–Kier alpha value is -2.61. The SMILES string of the molecule is Nc1cc2c(cc1-c1ccnn1-c1c(F)cc(F)cc1Br)OCO2. The number of hydrogen-bond donors (Lipinski definition) is 1. The van der Waals surface area contributed by atoms with Gasteiger partial charge in [-0.05, 0) is 34.1 Å². The second kappa shape index (κ2) is 5.48. The second-order valence-electron chi connectivity index (χ2n) is 5.14. The normalized spacial score (nSPS) is 12.6. The van der Waals surface area contributed by atoms with E-state index in [1.165, 1.54) is 16.9 Å². The fraction of sp³-hybridized carbons (Fsp3) is 0.0625. The van der Waals surface area contributed by atoms with E-state index in [9.17, 15) is 8.78 Å². The van der Waals surface area contributed by atoms with E-state index in [0.717, 1.165) is 6.07 Å². The van der Waals surface area contributed by atoms with Crippen molar-refractivity contribution in [3.63, 3.8) is 0 Å². The summed E-state index contributed by atoms with van der Waals surface area (Å²) >= 11 is 3.18. The van der Waals surface area contributed by atoms with Gasteiger partial charge in [0.15, 0.2) is 17.3 Å². The minimum atomic E-state index is -0.744. The minimum absolute atomic E-state index is 0.0912. The van der Waals surface area contributed by atoms with Crippen LogP contribution < -0.4 is 15.2 Å². The highest BCUT2D eigenvalue weighted by Crippen LogP contribution is 2.41. The van der Waals surface area contributed by atoms with Gasteiger partial charge in [-0.1, -0.05) is 0 Å². The molecule has 0 aliphatic carbocycles. The first-order valence-electron chi connectivity index (χ1n) is 6.93. The third kappa shape index (κ3) is 2.30. The molecule has 1 aliphatic rings. The van der Waals surface area contributed by atoms with Gasteiger partial charge in [0.25, 0.3) is 0 Å². The molecule has 5 nitrogen and oxygen atoms in total. The van der Waals surface area contributed by atoms with Crippen LogP contribution >= 0.6 is 15.9 Å². The standard InChI is InChI=1S/C16H10BrF2N3O2/c17-10-3-8(18)4-11(19)16(10)22-13(1-2-21-22)9-5-14-15(6-12(9)20)24-7-23-14/h1-6H,7,20H2. The van der Waals surface area contributed by atoms with E-state index in [4.69, 9.17) is 15.2 Å². The van der Waals surface area contributed by atoms with Gasteiger partial charge in [-0.25, -0.2) is 13.5 Å². The lowest BCUT2D eigenvalue weighted by atomic mass is 10.1. The van der Waals surface area contributed by atoms with Crippen molar-refractivity contribution in [1.29, 1.82) is 0 Å². The van der Waals surface area contributed by atoms with Crippen molar-refractivity contribution in [2.24, 2.45) is 0 Å². The molecule has 0 radical (unpaired) electrons. The minimum Gasteiger partial charge on any atom is -0.454 e. The molecule has 3 aromatic rings. The molecule has 0 atom stereocenters. The maximum absolute atomic E-state index is 14.3. The largest absolute Gasteiger partial charge is 0.454 e. The lowest BCUT2D eigenvalue weighted by molar-refractivity contribution is 0.174. The molecule has 0 bridgehead atoms. The predicted octanol–water partition coefficient (Wildman–Crippen LogP) is 3.89. The van der Waals surface area contributed by atoms with Crippen LogP contribution in [0.5, 0.6) is 11.5 Å². The summed E-state index contributed by atoms with van der Waals surface area (Å²) in [5, 5.41) is 4.15. The molecule has 2 aromatic carbocycles. The number of halogens is 3. The summed E-state index contributed by atoms with van der Waals surface area (Å²) in [6.45, 7) is 0.121. The Morgan fingerprint density at radius 2 is 1.88 bits per heavy atom. The molecule has 1 aliphatic heterocycles. The van der Waals surface area contributed by atoms with Gasteiger partial charge in [-0.3, -0.25) is 0 Å². The molecule has 4 rings (SSSR count). The number of nitrogens with zero attached hydrogens (tertiary/aromatic N) is 2. The van der Waals surface area contributed by atoms with Crippen LogP contribution in [0, 0.1) is 11.6 Å². The van der Waals surface area contributed by atoms with Gasteiger partial charge >= 0.3 is 0 Å². The van der Waals surface area contributed by atoms with E-state index in [1.54, 1.807) is 18.2 Å². The quantitative estimate of drug-likeness (QED) is 0.670. The monoisotopic (exact) mass is 393 g/mol. The Balaban J connectivity index is 1.91. The Labute approximate surface area is 143 Å². The van der Waals surface area contributed by atoms with Gasteiger partial charge in [-0.15, -0.1) is 0 Å². The van der Waals surface area contributed by atoms with Crippen molar-refractivity contribution in [2.75, 3.05) is 12.5 Å². The first-order valence-corrected chi connectivity index (χ1v) is 7.72. The fourth-order valence-electron chi connectivity index (χ4n) is 2.60. The number of aromatic nitrogens is 2. The summed E-state index contributed by atoms with van der Waals surface area (Å²) in [7, 11) is 0. The number of fused-ring (bicyclic) bond motifs is 1. The van der Waals surface area contributed by atoms with E-state index < -0.39 is 11.6 Å². The number of anilines is 1. The van der Waals surface area contributed by atoms with Crippen molar-refractivity contribution in [2.45, 2.75) is 0 Å². The molecule has 1 aromatic heterocycles. The maximum Gasteiger partial charge on any atom is 0.231 e. The van der Waals surface area contributed by atoms with Crippen LogP contribution in [0.15, 0.2) is 41.0 Å². The number of benzene rings is 2. The van der Waals surface area contributed by atoms with E-state index in [1.807, 2.05) is 0 Å². The Bertz CT molecular complexity index is 935. The first kappa shape index (κ1) is 14.9. The molecule has 0 saturated heterocycles. The van der Waals surface area contributed by atoms with E-state index in [0.29, 0.717) is 28.4 Å². The zero-order valence-corrected chi connectivity index (χ0v) is 13.7. The molecule has 0 saturated carbocycles. The van der Waals surface area contributed by atoms with Crippen molar-refractivity contribution in [1.82, 2.24) is 9.78 Å². The van der Waals surface area contributed by atoms with Crippen molar-refractivity contribution >= 4 is 21.6 Å². The van der Waals surface area contributed by atoms with Gasteiger partial charge < -0.3 is 15.2 Å². The van der Waals surface area contributed by atoms with Crippen molar-refractivity contribution in [3.8, 4) is 28.4 Å². The topological polar surface area (TPSA) is 62.3 Å². The maximum atomic E-state index is 14.3. The number of nitrogen functional groups attached to an aromatic ring is 1. The van der Waals surface area contributed by atoms with Crippen LogP contribution in [0.25, 0.3) is 16.9 Å². The van der Waals surface area contributed by atoms with Crippen LogP contribution in [0.3, 0.4) is 0 Å². The van der Waals surface area contributed by atoms with Crippen molar-refractivity contribution in [3.05, 3.63) is 52.6 Å². The molecular weight excluding hydrogens is 384 g/mol. The Kier molecular flexibility index (Phi) is 3.42. The summed E-state index contributed by atoms with van der Waals surface area (Å²) in [6.07, 6.45) is 1.51. The average molecular weight is 394 g/mol. The first-order chi connectivity index (χ1) is 11.5. The van der Waals surface area contributed by atoms with Crippen LogP contribution in [-0.2, 0) is 0 Å². The van der Waals surface area contributed by atoms with Crippen LogP contribution in [-0.4, -0.2) is 16.6 Å². The summed E-state index contributed by atoms with van der Waals surface area (Å²) in [5.74, 6) is -0.326. The zero-order chi connectivity index (χ0) is 16.8. The summed E-state index contributed by atoms with van der Waals surface area (Å²) < 4.78 is 39.9. The highest BCUT2D eigenvalue weighted by molar-refractivity contribution is 9.10. The van der Waals surface area contributed by atoms with E-state index >= 15 is 0 Å². The lowest BCUT2D eigenvalue weighted by Crippen LogP contribution is -2.05. The third-order valence-electron chi connectivity index (χ3n) is 3.66. The van der Waals surface area contributed by atoms with Gasteiger partial charge in [0.05, 0.1) is 11.9 Å². The number of hydrogen-bond acceptors (Lipinski definition) is 4. The zero-order valence-electron chi connectivity index (χ0n) is 12.1. The average Bonchev–Trinajstić information content (AvgIpc) is 3.14. The van der Waals surface area contributed by atoms with E-state index in [-0.39, 0.29) is 17.0 Å². The van der Waals surface area contributed by atoms with Crippen LogP contribution in [0.1, 0.15) is 0 Å². The molecule has 122 valence electrons. The Morgan fingerprint density at radius 3 is 2.62 bits per heavy atom. The highest BCUT2D eigenvalue weighted by atomic mass is 79.9. The molecule has 8 heteroatoms. The van der Waals surface area contributed by atoms with Gasteiger partial charge in [0.1, 0.15) is 11.5 Å². The molecule has 0 amide bonds. The van der Waals surface area contributed by atoms with E-state index in [2.05, 4.69) is 21.0 Å². The smallest absolute Gasteiger partial charge is 0.231 e. The number of nitrogens with two attached hydrogens (primary N) is 1. The van der Waals surface area contributed by atoms with Gasteiger partial charge in [-0.2, -0.15) is 5.10 Å². The molecule has 0 fully saturated rings. The number of rotatable bonds is 2. The number of ether oxygens (including phenoxy) is 2. The Morgan fingerprint density at radius 1 is 1.12 bits per heavy atom. The fourth-order valence-corrected chi connectivity index (χ4v) is 3.18. The highest BCUT2D eigenvalue weighted by Gasteiger charge is 2.21. The van der Waals surface area contributed by atoms with Crippen LogP contribution in [0.2, 0.25) is 0 Å². The summed E-state index contributed by atoms with van der Waals surface area (Å²) in [6, 6.07) is 7.01. The molecule has 24 heavy (non-hydrogen) atoms. The predicted molar refractivity (Wildman–Crippen MR) is 87.2 cm³/mol. The molecule has 0 unspecified atom stereocenters. The van der Waals surface area contributed by atoms with Crippen molar-refractivity contribution < 1.29 is 18.3 Å². The summed E-state index contributed by atoms with van der Waals surface area (Å²) in [5.41, 5.74) is 7.75. The molecule has 2 heterocycles. The molecular formula is C16H10BrF2N3O2. The second-order valence-corrected chi connectivity index (χ2v) is 5.99.